The molecule has 1 aromatic carbocycles. The highest BCUT2D eigenvalue weighted by Gasteiger charge is 2.28. The lowest BCUT2D eigenvalue weighted by molar-refractivity contribution is -0.384. The van der Waals surface area contributed by atoms with E-state index in [1.807, 2.05) is 6.92 Å². The maximum atomic E-state index is 10.6. The number of hydrogen-bond donors (Lipinski definition) is 2. The van der Waals surface area contributed by atoms with Gasteiger partial charge in [-0.3, -0.25) is 10.1 Å². The number of nitro benzene ring substituents is 1. The molecule has 0 amide bonds. The Balaban J connectivity index is 1.98. The first kappa shape index (κ1) is 11.9. The van der Waals surface area contributed by atoms with Crippen molar-refractivity contribution in [1.82, 2.24) is 0 Å². The average molecular weight is 235 g/mol. The number of hydrogen-bond acceptors (Lipinski definition) is 4. The molecule has 5 nitrogen and oxygen atoms in total. The summed E-state index contributed by atoms with van der Waals surface area (Å²) >= 11 is 0. The zero-order chi connectivity index (χ0) is 12.4. The normalized spacial score (nSPS) is 16.6. The molecule has 92 valence electrons. The van der Waals surface area contributed by atoms with Gasteiger partial charge < -0.3 is 11.1 Å². The van der Waals surface area contributed by atoms with Gasteiger partial charge in [0.2, 0.25) is 0 Å². The zero-order valence-electron chi connectivity index (χ0n) is 9.85. The molecule has 1 aliphatic rings. The number of benzene rings is 1. The van der Waals surface area contributed by atoms with E-state index in [0.717, 1.165) is 17.8 Å². The lowest BCUT2D eigenvalue weighted by Gasteiger charge is -2.14. The molecule has 0 radical (unpaired) electrons. The molecule has 3 N–H and O–H groups in total. The van der Waals surface area contributed by atoms with Crippen molar-refractivity contribution in [3.8, 4) is 0 Å². The second kappa shape index (κ2) is 4.71. The Morgan fingerprint density at radius 1 is 1.59 bits per heavy atom. The van der Waals surface area contributed by atoms with Crippen molar-refractivity contribution in [2.75, 3.05) is 11.9 Å². The van der Waals surface area contributed by atoms with Crippen LogP contribution in [0.3, 0.4) is 0 Å². The summed E-state index contributed by atoms with van der Waals surface area (Å²) in [6, 6.07) is 5.01. The average Bonchev–Trinajstić information content (AvgIpc) is 3.10. The van der Waals surface area contributed by atoms with E-state index < -0.39 is 0 Å². The first-order valence-electron chi connectivity index (χ1n) is 5.82. The molecule has 0 aliphatic heterocycles. The molecule has 2 rings (SSSR count). The lowest BCUT2D eigenvalue weighted by Crippen LogP contribution is -2.31. The predicted molar refractivity (Wildman–Crippen MR) is 67.0 cm³/mol. The molecule has 17 heavy (non-hydrogen) atoms. The van der Waals surface area contributed by atoms with Crippen LogP contribution in [-0.2, 0) is 0 Å². The van der Waals surface area contributed by atoms with Gasteiger partial charge in [0.05, 0.1) is 4.92 Å². The maximum absolute atomic E-state index is 10.6. The van der Waals surface area contributed by atoms with Crippen LogP contribution in [0.2, 0.25) is 0 Å². The molecule has 0 spiro atoms. The number of nitrogens with one attached hydrogen (secondary N) is 1. The minimum Gasteiger partial charge on any atom is -0.383 e. The van der Waals surface area contributed by atoms with Gasteiger partial charge in [0.1, 0.15) is 0 Å². The van der Waals surface area contributed by atoms with Crippen LogP contribution in [0.15, 0.2) is 18.2 Å². The minimum absolute atomic E-state index is 0.125. The fourth-order valence-corrected chi connectivity index (χ4v) is 1.88. The Bertz CT molecular complexity index is 430. The van der Waals surface area contributed by atoms with Crippen molar-refractivity contribution < 1.29 is 4.92 Å². The van der Waals surface area contributed by atoms with Crippen LogP contribution in [-0.4, -0.2) is 17.5 Å². The topological polar surface area (TPSA) is 81.2 Å². The van der Waals surface area contributed by atoms with Gasteiger partial charge >= 0.3 is 0 Å². The molecule has 0 saturated heterocycles. The molecule has 1 aliphatic carbocycles. The fraction of sp³-hybridized carbons (Fsp3) is 0.500. The molecular weight excluding hydrogens is 218 g/mol. The van der Waals surface area contributed by atoms with E-state index in [1.165, 1.54) is 18.9 Å². The number of rotatable bonds is 5. The van der Waals surface area contributed by atoms with Crippen LogP contribution < -0.4 is 11.1 Å². The molecule has 1 fully saturated rings. The summed E-state index contributed by atoms with van der Waals surface area (Å²) < 4.78 is 0. The van der Waals surface area contributed by atoms with E-state index in [2.05, 4.69) is 5.32 Å². The monoisotopic (exact) mass is 235 g/mol. The first-order valence-corrected chi connectivity index (χ1v) is 5.82. The Hall–Kier alpha value is -1.62. The van der Waals surface area contributed by atoms with Crippen LogP contribution in [0.25, 0.3) is 0 Å². The molecular formula is C12H17N3O2. The molecule has 5 heteroatoms. The quantitative estimate of drug-likeness (QED) is 0.604. The van der Waals surface area contributed by atoms with Gasteiger partial charge in [0, 0.05) is 30.4 Å². The third kappa shape index (κ3) is 2.94. The SMILES string of the molecule is Cc1cc([N+](=O)[O-])ccc1NCC(N)C1CC1. The Kier molecular flexibility index (Phi) is 3.28. The van der Waals surface area contributed by atoms with E-state index in [1.54, 1.807) is 12.1 Å². The summed E-state index contributed by atoms with van der Waals surface area (Å²) in [5.74, 6) is 0.654. The summed E-state index contributed by atoms with van der Waals surface area (Å²) in [5.41, 5.74) is 7.91. The van der Waals surface area contributed by atoms with E-state index >= 15 is 0 Å². The summed E-state index contributed by atoms with van der Waals surface area (Å²) in [6.45, 7) is 2.58. The van der Waals surface area contributed by atoms with Gasteiger partial charge in [0.15, 0.2) is 0 Å². The van der Waals surface area contributed by atoms with Gasteiger partial charge in [-0.05, 0) is 37.3 Å². The molecule has 0 bridgehead atoms. The zero-order valence-corrected chi connectivity index (χ0v) is 9.85. The molecule has 1 unspecified atom stereocenters. The number of anilines is 1. The van der Waals surface area contributed by atoms with Gasteiger partial charge in [0.25, 0.3) is 5.69 Å². The highest BCUT2D eigenvalue weighted by atomic mass is 16.6. The Morgan fingerprint density at radius 3 is 2.82 bits per heavy atom. The van der Waals surface area contributed by atoms with Crippen molar-refractivity contribution in [2.45, 2.75) is 25.8 Å². The van der Waals surface area contributed by atoms with E-state index in [-0.39, 0.29) is 16.7 Å². The van der Waals surface area contributed by atoms with Gasteiger partial charge in [-0.25, -0.2) is 0 Å². The van der Waals surface area contributed by atoms with Crippen molar-refractivity contribution in [2.24, 2.45) is 11.7 Å². The van der Waals surface area contributed by atoms with Crippen molar-refractivity contribution in [1.29, 1.82) is 0 Å². The van der Waals surface area contributed by atoms with Crippen LogP contribution >= 0.6 is 0 Å². The predicted octanol–water partition coefficient (Wildman–Crippen LogP) is 2.05. The largest absolute Gasteiger partial charge is 0.383 e. The minimum atomic E-state index is -0.382. The number of non-ortho nitro benzene ring substituents is 1. The highest BCUT2D eigenvalue weighted by molar-refractivity contribution is 5.55. The van der Waals surface area contributed by atoms with Crippen molar-refractivity contribution in [3.63, 3.8) is 0 Å². The Morgan fingerprint density at radius 2 is 2.29 bits per heavy atom. The number of nitro groups is 1. The van der Waals surface area contributed by atoms with E-state index in [9.17, 15) is 10.1 Å². The maximum Gasteiger partial charge on any atom is 0.269 e. The second-order valence-corrected chi connectivity index (χ2v) is 4.64. The summed E-state index contributed by atoms with van der Waals surface area (Å²) in [5, 5.41) is 13.8. The molecule has 1 aromatic rings. The van der Waals surface area contributed by atoms with Gasteiger partial charge in [-0.15, -0.1) is 0 Å². The van der Waals surface area contributed by atoms with Crippen LogP contribution in [0.4, 0.5) is 11.4 Å². The Labute approximate surface area is 100 Å². The summed E-state index contributed by atoms with van der Waals surface area (Å²) in [4.78, 5) is 10.2. The van der Waals surface area contributed by atoms with E-state index in [4.69, 9.17) is 5.73 Å². The summed E-state index contributed by atoms with van der Waals surface area (Å²) in [6.07, 6.45) is 2.45. The highest BCUT2D eigenvalue weighted by Crippen LogP contribution is 2.31. The molecule has 1 saturated carbocycles. The van der Waals surface area contributed by atoms with Gasteiger partial charge in [-0.2, -0.15) is 0 Å². The van der Waals surface area contributed by atoms with Crippen molar-refractivity contribution >= 4 is 11.4 Å². The number of aryl methyl sites for hydroxylation is 1. The van der Waals surface area contributed by atoms with E-state index in [0.29, 0.717) is 5.92 Å². The second-order valence-electron chi connectivity index (χ2n) is 4.64. The third-order valence-corrected chi connectivity index (χ3v) is 3.18. The molecule has 0 heterocycles. The number of nitrogens with two attached hydrogens (primary N) is 1. The van der Waals surface area contributed by atoms with Gasteiger partial charge in [-0.1, -0.05) is 0 Å². The smallest absolute Gasteiger partial charge is 0.269 e. The van der Waals surface area contributed by atoms with Crippen LogP contribution in [0.1, 0.15) is 18.4 Å². The third-order valence-electron chi connectivity index (χ3n) is 3.18. The van der Waals surface area contributed by atoms with Crippen molar-refractivity contribution in [3.05, 3.63) is 33.9 Å². The van der Waals surface area contributed by atoms with Crippen LogP contribution in [0.5, 0.6) is 0 Å². The standard InChI is InChI=1S/C12H17N3O2/c1-8-6-10(15(16)17)4-5-12(8)14-7-11(13)9-2-3-9/h4-6,9,11,14H,2-3,7,13H2,1H3. The summed E-state index contributed by atoms with van der Waals surface area (Å²) in [7, 11) is 0. The number of nitrogens with zero attached hydrogens (tertiary/aromatic N) is 1. The van der Waals surface area contributed by atoms with Crippen LogP contribution in [0, 0.1) is 23.0 Å². The molecule has 0 aromatic heterocycles. The first-order chi connectivity index (χ1) is 8.08. The fourth-order valence-electron chi connectivity index (χ4n) is 1.88. The molecule has 1 atom stereocenters. The lowest BCUT2D eigenvalue weighted by atomic mass is 10.1.